The van der Waals surface area contributed by atoms with E-state index in [4.69, 9.17) is 4.74 Å². The Morgan fingerprint density at radius 1 is 0.714 bits per heavy atom. The maximum absolute atomic E-state index is 12.1. The van der Waals surface area contributed by atoms with Gasteiger partial charge in [0.2, 0.25) is 6.29 Å². The highest BCUT2D eigenvalue weighted by Gasteiger charge is 2.29. The van der Waals surface area contributed by atoms with Crippen LogP contribution < -0.4 is 0 Å². The fourth-order valence-electron chi connectivity index (χ4n) is 3.54. The molecule has 0 spiro atoms. The topological polar surface area (TPSA) is 46.5 Å². The lowest BCUT2D eigenvalue weighted by Crippen LogP contribution is -2.32. The SMILES string of the molecule is CCCCCCCCCCC(CCCCCCCC)C(O)OC(=O)C(C)(C)C. The van der Waals surface area contributed by atoms with Crippen molar-refractivity contribution in [1.82, 2.24) is 0 Å². The van der Waals surface area contributed by atoms with E-state index in [-0.39, 0.29) is 11.9 Å². The van der Waals surface area contributed by atoms with Crippen molar-refractivity contribution in [2.45, 2.75) is 144 Å². The fraction of sp³-hybridized carbons (Fsp3) is 0.960. The maximum Gasteiger partial charge on any atom is 0.313 e. The lowest BCUT2D eigenvalue weighted by molar-refractivity contribution is -0.187. The van der Waals surface area contributed by atoms with Gasteiger partial charge in [-0.3, -0.25) is 4.79 Å². The van der Waals surface area contributed by atoms with Gasteiger partial charge in [0, 0.05) is 5.92 Å². The van der Waals surface area contributed by atoms with Gasteiger partial charge in [0.05, 0.1) is 5.41 Å². The van der Waals surface area contributed by atoms with Crippen LogP contribution in [0.1, 0.15) is 137 Å². The van der Waals surface area contributed by atoms with Gasteiger partial charge in [0.25, 0.3) is 0 Å². The molecule has 168 valence electrons. The van der Waals surface area contributed by atoms with Crippen molar-refractivity contribution in [3.05, 3.63) is 0 Å². The lowest BCUT2D eigenvalue weighted by Gasteiger charge is -2.26. The van der Waals surface area contributed by atoms with E-state index in [9.17, 15) is 9.90 Å². The van der Waals surface area contributed by atoms with Gasteiger partial charge in [-0.15, -0.1) is 0 Å². The van der Waals surface area contributed by atoms with Gasteiger partial charge in [0.15, 0.2) is 0 Å². The third-order valence-corrected chi connectivity index (χ3v) is 5.60. The predicted molar refractivity (Wildman–Crippen MR) is 120 cm³/mol. The highest BCUT2D eigenvalue weighted by atomic mass is 16.6. The van der Waals surface area contributed by atoms with Crippen molar-refractivity contribution in [3.8, 4) is 0 Å². The average Bonchev–Trinajstić information content (AvgIpc) is 2.63. The largest absolute Gasteiger partial charge is 0.435 e. The molecule has 0 rings (SSSR count). The molecule has 0 aromatic heterocycles. The Morgan fingerprint density at radius 3 is 1.43 bits per heavy atom. The van der Waals surface area contributed by atoms with E-state index in [0.29, 0.717) is 0 Å². The molecule has 0 amide bonds. The first-order chi connectivity index (χ1) is 13.3. The van der Waals surface area contributed by atoms with E-state index in [1.54, 1.807) is 0 Å². The van der Waals surface area contributed by atoms with E-state index in [1.807, 2.05) is 20.8 Å². The second kappa shape index (κ2) is 17.3. The number of hydrogen-bond donors (Lipinski definition) is 1. The molecule has 0 radical (unpaired) electrons. The van der Waals surface area contributed by atoms with Crippen molar-refractivity contribution < 1.29 is 14.6 Å². The Kier molecular flexibility index (Phi) is 16.9. The van der Waals surface area contributed by atoms with Crippen molar-refractivity contribution in [3.63, 3.8) is 0 Å². The van der Waals surface area contributed by atoms with Crippen LogP contribution >= 0.6 is 0 Å². The Bertz CT molecular complexity index is 359. The molecular formula is C25H50O3. The van der Waals surface area contributed by atoms with Crippen LogP contribution in [0.25, 0.3) is 0 Å². The fourth-order valence-corrected chi connectivity index (χ4v) is 3.54. The number of hydrogen-bond acceptors (Lipinski definition) is 3. The zero-order valence-electron chi connectivity index (χ0n) is 19.7. The highest BCUT2D eigenvalue weighted by molar-refractivity contribution is 5.75. The Balaban J connectivity index is 4.25. The molecule has 3 heteroatoms. The summed E-state index contributed by atoms with van der Waals surface area (Å²) >= 11 is 0. The number of rotatable bonds is 18. The van der Waals surface area contributed by atoms with Gasteiger partial charge >= 0.3 is 5.97 Å². The van der Waals surface area contributed by atoms with Gasteiger partial charge in [-0.25, -0.2) is 0 Å². The third kappa shape index (κ3) is 15.4. The number of ether oxygens (including phenoxy) is 1. The minimum atomic E-state index is -0.952. The van der Waals surface area contributed by atoms with E-state index in [2.05, 4.69) is 13.8 Å². The number of carbonyl (C=O) groups is 1. The third-order valence-electron chi connectivity index (χ3n) is 5.60. The standard InChI is InChI=1S/C25H50O3/c1-6-8-10-12-14-15-17-19-21-22(20-18-16-13-11-9-7-2)23(26)28-24(27)25(3,4)5/h22-23,26H,6-21H2,1-5H3. The van der Waals surface area contributed by atoms with Crippen LogP contribution in [0.3, 0.4) is 0 Å². The Hall–Kier alpha value is -0.570. The first-order valence-corrected chi connectivity index (χ1v) is 12.2. The number of aliphatic hydroxyl groups is 1. The molecule has 0 saturated heterocycles. The first kappa shape index (κ1) is 27.4. The van der Waals surface area contributed by atoms with Crippen LogP contribution in [-0.4, -0.2) is 17.4 Å². The van der Waals surface area contributed by atoms with E-state index in [0.717, 1.165) is 25.7 Å². The quantitative estimate of drug-likeness (QED) is 0.145. The van der Waals surface area contributed by atoms with Crippen LogP contribution in [0.15, 0.2) is 0 Å². The molecule has 0 heterocycles. The number of carbonyl (C=O) groups excluding carboxylic acids is 1. The van der Waals surface area contributed by atoms with Gasteiger partial charge in [0.1, 0.15) is 0 Å². The molecule has 1 N–H and O–H groups in total. The summed E-state index contributed by atoms with van der Waals surface area (Å²) in [5, 5.41) is 10.5. The van der Waals surface area contributed by atoms with Crippen molar-refractivity contribution >= 4 is 5.97 Å². The van der Waals surface area contributed by atoms with E-state index in [1.165, 1.54) is 77.0 Å². The molecule has 2 atom stereocenters. The highest BCUT2D eigenvalue weighted by Crippen LogP contribution is 2.25. The number of aliphatic hydroxyl groups excluding tert-OH is 1. The van der Waals surface area contributed by atoms with Gasteiger partial charge in [-0.05, 0) is 33.6 Å². The van der Waals surface area contributed by atoms with Crippen molar-refractivity contribution in [2.24, 2.45) is 11.3 Å². The van der Waals surface area contributed by atoms with Crippen LogP contribution in [0.5, 0.6) is 0 Å². The molecule has 0 aliphatic carbocycles. The monoisotopic (exact) mass is 398 g/mol. The predicted octanol–water partition coefficient (Wildman–Crippen LogP) is 7.79. The minimum Gasteiger partial charge on any atom is -0.435 e. The maximum atomic E-state index is 12.1. The summed E-state index contributed by atoms with van der Waals surface area (Å²) in [6.45, 7) is 10.00. The number of esters is 1. The Morgan fingerprint density at radius 2 is 1.07 bits per heavy atom. The normalized spacial score (nSPS) is 14.1. The molecule has 0 aliphatic heterocycles. The summed E-state index contributed by atoms with van der Waals surface area (Å²) in [5.41, 5.74) is -0.565. The zero-order chi connectivity index (χ0) is 21.3. The second-order valence-corrected chi connectivity index (χ2v) is 9.63. The molecule has 0 aliphatic rings. The molecule has 0 aromatic rings. The van der Waals surface area contributed by atoms with Crippen LogP contribution in [-0.2, 0) is 9.53 Å². The average molecular weight is 399 g/mol. The summed E-state index contributed by atoms with van der Waals surface area (Å²) in [5.74, 6) is -0.221. The van der Waals surface area contributed by atoms with E-state index >= 15 is 0 Å². The number of unbranched alkanes of at least 4 members (excludes halogenated alkanes) is 12. The molecule has 0 aromatic carbocycles. The molecule has 0 bridgehead atoms. The van der Waals surface area contributed by atoms with Crippen molar-refractivity contribution in [2.75, 3.05) is 0 Å². The zero-order valence-corrected chi connectivity index (χ0v) is 19.7. The minimum absolute atomic E-state index is 0.0811. The van der Waals surface area contributed by atoms with Gasteiger partial charge < -0.3 is 9.84 Å². The van der Waals surface area contributed by atoms with Crippen LogP contribution in [0.2, 0.25) is 0 Å². The lowest BCUT2D eigenvalue weighted by atomic mass is 9.93. The molecule has 28 heavy (non-hydrogen) atoms. The Labute approximate surface area is 176 Å². The molecule has 3 nitrogen and oxygen atoms in total. The summed E-state index contributed by atoms with van der Waals surface area (Å²) < 4.78 is 5.41. The molecular weight excluding hydrogens is 348 g/mol. The van der Waals surface area contributed by atoms with Crippen molar-refractivity contribution in [1.29, 1.82) is 0 Å². The van der Waals surface area contributed by atoms with Gasteiger partial charge in [-0.1, -0.05) is 104 Å². The van der Waals surface area contributed by atoms with Crippen LogP contribution in [0.4, 0.5) is 0 Å². The summed E-state index contributed by atoms with van der Waals surface area (Å²) in [6.07, 6.45) is 18.8. The van der Waals surface area contributed by atoms with E-state index < -0.39 is 11.7 Å². The first-order valence-electron chi connectivity index (χ1n) is 12.2. The summed E-state index contributed by atoms with van der Waals surface area (Å²) in [7, 11) is 0. The summed E-state index contributed by atoms with van der Waals surface area (Å²) in [4.78, 5) is 12.1. The molecule has 2 unspecified atom stereocenters. The smallest absolute Gasteiger partial charge is 0.313 e. The molecule has 0 fully saturated rings. The molecule has 0 saturated carbocycles. The van der Waals surface area contributed by atoms with Gasteiger partial charge in [-0.2, -0.15) is 0 Å². The second-order valence-electron chi connectivity index (χ2n) is 9.63. The summed E-state index contributed by atoms with van der Waals surface area (Å²) in [6, 6.07) is 0. The van der Waals surface area contributed by atoms with Crippen LogP contribution in [0, 0.1) is 11.3 Å².